The van der Waals surface area contributed by atoms with Gasteiger partial charge in [0.05, 0.1) is 0 Å². The summed E-state index contributed by atoms with van der Waals surface area (Å²) in [5.74, 6) is 3.18. The van der Waals surface area contributed by atoms with Crippen molar-refractivity contribution in [2.24, 2.45) is 11.8 Å². The van der Waals surface area contributed by atoms with Crippen LogP contribution >= 0.6 is 0 Å². The van der Waals surface area contributed by atoms with Gasteiger partial charge in [-0.3, -0.25) is 0 Å². The minimum absolute atomic E-state index is 0.199. The van der Waals surface area contributed by atoms with Crippen molar-refractivity contribution in [3.63, 3.8) is 0 Å². The van der Waals surface area contributed by atoms with Gasteiger partial charge in [0, 0.05) is 17.4 Å². The lowest BCUT2D eigenvalue weighted by atomic mass is 9.67. The standard InChI is InChI=1S/C25H38O2/c1-7-8-9-10-17(3)18(4)19-14-22(26)24-20-13-16(2)11-12-21(20)25(5,6)27-23(24)15-19/h11,14-15,17-18,20-21,26H,7-10,12-13H2,1-6H3/t17?,18?,20-,21?/m1/s1. The zero-order chi connectivity index (χ0) is 19.8. The van der Waals surface area contributed by atoms with Crippen LogP contribution < -0.4 is 4.74 Å². The normalized spacial score (nSPS) is 25.6. The Hall–Kier alpha value is -1.44. The molecule has 3 unspecified atom stereocenters. The molecule has 27 heavy (non-hydrogen) atoms. The van der Waals surface area contributed by atoms with Crippen LogP contribution in [0, 0.1) is 11.8 Å². The number of ether oxygens (including phenoxy) is 1. The summed E-state index contributed by atoms with van der Waals surface area (Å²) in [6.45, 7) is 13.5. The number of hydrogen-bond acceptors (Lipinski definition) is 2. The van der Waals surface area contributed by atoms with Gasteiger partial charge in [-0.1, -0.05) is 58.1 Å². The predicted octanol–water partition coefficient (Wildman–Crippen LogP) is 7.32. The second-order valence-corrected chi connectivity index (χ2v) is 9.62. The number of hydrogen-bond donors (Lipinski definition) is 1. The highest BCUT2D eigenvalue weighted by molar-refractivity contribution is 5.53. The monoisotopic (exact) mass is 370 g/mol. The van der Waals surface area contributed by atoms with E-state index in [9.17, 15) is 5.11 Å². The molecule has 0 bridgehead atoms. The first-order valence-corrected chi connectivity index (χ1v) is 11.0. The topological polar surface area (TPSA) is 29.5 Å². The van der Waals surface area contributed by atoms with Gasteiger partial charge in [-0.2, -0.15) is 0 Å². The van der Waals surface area contributed by atoms with Gasteiger partial charge in [-0.05, 0) is 63.1 Å². The van der Waals surface area contributed by atoms with E-state index in [1.807, 2.05) is 6.07 Å². The van der Waals surface area contributed by atoms with E-state index in [-0.39, 0.29) is 5.60 Å². The SMILES string of the molecule is CCCCCC(C)C(C)c1cc(O)c2c(c1)OC(C)(C)C1CC=C(C)C[C@@H]21. The van der Waals surface area contributed by atoms with Crippen LogP contribution in [0.1, 0.15) is 103 Å². The molecule has 3 rings (SSSR count). The summed E-state index contributed by atoms with van der Waals surface area (Å²) < 4.78 is 6.48. The van der Waals surface area contributed by atoms with E-state index in [1.165, 1.54) is 36.8 Å². The second-order valence-electron chi connectivity index (χ2n) is 9.62. The fourth-order valence-corrected chi connectivity index (χ4v) is 5.14. The summed E-state index contributed by atoms with van der Waals surface area (Å²) in [6, 6.07) is 4.24. The molecule has 0 fully saturated rings. The Morgan fingerprint density at radius 1 is 1.22 bits per heavy atom. The van der Waals surface area contributed by atoms with Crippen molar-refractivity contribution in [2.45, 2.75) is 97.5 Å². The molecule has 1 aliphatic heterocycles. The third-order valence-electron chi connectivity index (χ3n) is 7.17. The van der Waals surface area contributed by atoms with Crippen molar-refractivity contribution in [3.8, 4) is 11.5 Å². The van der Waals surface area contributed by atoms with E-state index in [0.717, 1.165) is 24.2 Å². The molecule has 2 nitrogen and oxygen atoms in total. The molecule has 1 heterocycles. The zero-order valence-corrected chi connectivity index (χ0v) is 18.1. The molecule has 0 radical (unpaired) electrons. The molecule has 0 aromatic heterocycles. The summed E-state index contributed by atoms with van der Waals surface area (Å²) in [4.78, 5) is 0. The lowest BCUT2D eigenvalue weighted by Crippen LogP contribution is -2.45. The van der Waals surface area contributed by atoms with Crippen molar-refractivity contribution in [1.82, 2.24) is 0 Å². The summed E-state index contributed by atoms with van der Waals surface area (Å²) in [7, 11) is 0. The van der Waals surface area contributed by atoms with Gasteiger partial charge in [0.25, 0.3) is 0 Å². The molecule has 2 heteroatoms. The van der Waals surface area contributed by atoms with Crippen molar-refractivity contribution in [2.75, 3.05) is 0 Å². The van der Waals surface area contributed by atoms with Crippen LogP contribution in [0.2, 0.25) is 0 Å². The van der Waals surface area contributed by atoms with Crippen molar-refractivity contribution < 1.29 is 9.84 Å². The van der Waals surface area contributed by atoms with Gasteiger partial charge in [-0.25, -0.2) is 0 Å². The van der Waals surface area contributed by atoms with E-state index in [2.05, 4.69) is 53.7 Å². The fourth-order valence-electron chi connectivity index (χ4n) is 5.14. The fraction of sp³-hybridized carbons (Fsp3) is 0.680. The van der Waals surface area contributed by atoms with Gasteiger partial charge in [0.2, 0.25) is 0 Å². The molecular formula is C25H38O2. The first kappa shape index (κ1) is 20.3. The largest absolute Gasteiger partial charge is 0.508 e. The Morgan fingerprint density at radius 3 is 2.67 bits per heavy atom. The zero-order valence-electron chi connectivity index (χ0n) is 18.1. The molecule has 0 saturated heterocycles. The maximum atomic E-state index is 11.0. The number of allylic oxidation sites excluding steroid dienone is 2. The highest BCUT2D eigenvalue weighted by atomic mass is 16.5. The Bertz CT molecular complexity index is 701. The molecule has 0 saturated carbocycles. The maximum Gasteiger partial charge on any atom is 0.127 e. The third kappa shape index (κ3) is 4.05. The summed E-state index contributed by atoms with van der Waals surface area (Å²) >= 11 is 0. The second kappa shape index (κ2) is 7.89. The summed E-state index contributed by atoms with van der Waals surface area (Å²) in [5, 5.41) is 11.0. The molecule has 0 amide bonds. The van der Waals surface area contributed by atoms with Gasteiger partial charge in [0.1, 0.15) is 17.1 Å². The minimum atomic E-state index is -0.199. The van der Waals surface area contributed by atoms with E-state index < -0.39 is 0 Å². The maximum absolute atomic E-state index is 11.0. The number of fused-ring (bicyclic) bond motifs is 3. The number of rotatable bonds is 6. The van der Waals surface area contributed by atoms with Gasteiger partial charge < -0.3 is 9.84 Å². The van der Waals surface area contributed by atoms with E-state index in [1.54, 1.807) is 0 Å². The molecule has 1 aromatic rings. The molecule has 1 N–H and O–H groups in total. The molecule has 1 aliphatic carbocycles. The number of phenols is 1. The summed E-state index contributed by atoms with van der Waals surface area (Å²) in [6.07, 6.45) is 9.52. The molecule has 2 aliphatic rings. The van der Waals surface area contributed by atoms with Crippen LogP contribution in [-0.4, -0.2) is 10.7 Å². The number of aromatic hydroxyl groups is 1. The average Bonchev–Trinajstić information content (AvgIpc) is 2.59. The van der Waals surface area contributed by atoms with Gasteiger partial charge in [0.15, 0.2) is 0 Å². The molecule has 0 spiro atoms. The smallest absolute Gasteiger partial charge is 0.127 e. The van der Waals surface area contributed by atoms with Gasteiger partial charge >= 0.3 is 0 Å². The lowest BCUT2D eigenvalue weighted by Gasteiger charge is -2.47. The van der Waals surface area contributed by atoms with Crippen LogP contribution in [0.15, 0.2) is 23.8 Å². The average molecular weight is 371 g/mol. The van der Waals surface area contributed by atoms with Crippen molar-refractivity contribution >= 4 is 0 Å². The number of benzene rings is 1. The van der Waals surface area contributed by atoms with E-state index in [0.29, 0.717) is 29.4 Å². The van der Waals surface area contributed by atoms with Crippen molar-refractivity contribution in [1.29, 1.82) is 0 Å². The number of phenolic OH excluding ortho intramolecular Hbond substituents is 1. The highest BCUT2D eigenvalue weighted by Crippen LogP contribution is 2.54. The Balaban J connectivity index is 1.91. The first-order chi connectivity index (χ1) is 12.7. The Morgan fingerprint density at radius 2 is 1.96 bits per heavy atom. The Kier molecular flexibility index (Phi) is 5.93. The van der Waals surface area contributed by atoms with Crippen LogP contribution in [0.25, 0.3) is 0 Å². The Labute approximate surface area is 166 Å². The highest BCUT2D eigenvalue weighted by Gasteiger charge is 2.45. The van der Waals surface area contributed by atoms with Crippen LogP contribution in [0.4, 0.5) is 0 Å². The van der Waals surface area contributed by atoms with Crippen LogP contribution in [-0.2, 0) is 0 Å². The van der Waals surface area contributed by atoms with Gasteiger partial charge in [-0.15, -0.1) is 0 Å². The molecular weight excluding hydrogens is 332 g/mol. The molecule has 1 aromatic carbocycles. The molecule has 4 atom stereocenters. The quantitative estimate of drug-likeness (QED) is 0.420. The lowest BCUT2D eigenvalue weighted by molar-refractivity contribution is 0.00747. The summed E-state index contributed by atoms with van der Waals surface area (Å²) in [5.41, 5.74) is 3.49. The van der Waals surface area contributed by atoms with Crippen molar-refractivity contribution in [3.05, 3.63) is 34.9 Å². The minimum Gasteiger partial charge on any atom is -0.508 e. The van der Waals surface area contributed by atoms with Crippen LogP contribution in [0.5, 0.6) is 11.5 Å². The molecule has 150 valence electrons. The van der Waals surface area contributed by atoms with E-state index in [4.69, 9.17) is 4.74 Å². The third-order valence-corrected chi connectivity index (χ3v) is 7.17. The van der Waals surface area contributed by atoms with Crippen LogP contribution in [0.3, 0.4) is 0 Å². The number of unbranched alkanes of at least 4 members (excludes halogenated alkanes) is 2. The first-order valence-electron chi connectivity index (χ1n) is 11.0. The van der Waals surface area contributed by atoms with E-state index >= 15 is 0 Å². The predicted molar refractivity (Wildman–Crippen MR) is 114 cm³/mol.